The molecule has 0 saturated heterocycles. The number of aldehydes is 1. The zero-order valence-corrected chi connectivity index (χ0v) is 10.4. The molecule has 1 aromatic carbocycles. The second-order valence-corrected chi connectivity index (χ2v) is 4.44. The number of carbonyl (C=O) groups excluding carboxylic acids is 1. The van der Waals surface area contributed by atoms with Crippen molar-refractivity contribution in [3.05, 3.63) is 29.5 Å². The van der Waals surface area contributed by atoms with Crippen LogP contribution in [0, 0.1) is 6.92 Å². The van der Waals surface area contributed by atoms with Crippen molar-refractivity contribution in [3.8, 4) is 5.75 Å². The Hall–Kier alpha value is -1.77. The van der Waals surface area contributed by atoms with Crippen molar-refractivity contribution >= 4 is 17.2 Å². The van der Waals surface area contributed by atoms with Gasteiger partial charge in [-0.2, -0.15) is 0 Å². The van der Waals surface area contributed by atoms with Crippen molar-refractivity contribution in [2.75, 3.05) is 7.11 Å². The number of benzene rings is 1. The second-order valence-electron chi connectivity index (χ2n) is 4.44. The maximum Gasteiger partial charge on any atom is 0.123 e. The van der Waals surface area contributed by atoms with Crippen molar-refractivity contribution in [2.24, 2.45) is 0 Å². The maximum atomic E-state index is 10.6. The number of ether oxygens (including phenoxy) is 1. The molecule has 0 aliphatic heterocycles. The topological polar surface area (TPSA) is 42.1 Å². The summed E-state index contributed by atoms with van der Waals surface area (Å²) in [5, 5.41) is 1.14. The highest BCUT2D eigenvalue weighted by atomic mass is 16.5. The van der Waals surface area contributed by atoms with Crippen molar-refractivity contribution in [2.45, 2.75) is 26.2 Å². The highest BCUT2D eigenvalue weighted by Crippen LogP contribution is 2.32. The normalized spacial score (nSPS) is 12.6. The fraction of sp³-hybridized carbons (Fsp3) is 0.357. The number of fused-ring (bicyclic) bond motifs is 1. The first-order valence-corrected chi connectivity index (χ1v) is 5.76. The first kappa shape index (κ1) is 11.7. The van der Waals surface area contributed by atoms with Crippen LogP contribution < -0.4 is 4.74 Å². The number of hydrogen-bond acceptors (Lipinski definition) is 2. The van der Waals surface area contributed by atoms with E-state index in [0.717, 1.165) is 34.2 Å². The van der Waals surface area contributed by atoms with Crippen LogP contribution in [-0.4, -0.2) is 18.4 Å². The minimum absolute atomic E-state index is 0.176. The van der Waals surface area contributed by atoms with Gasteiger partial charge in [0.25, 0.3) is 0 Å². The number of nitrogens with one attached hydrogen (secondary N) is 1. The van der Waals surface area contributed by atoms with Crippen LogP contribution in [-0.2, 0) is 4.79 Å². The summed E-state index contributed by atoms with van der Waals surface area (Å²) in [5.74, 6) is 1.03. The second kappa shape index (κ2) is 4.62. The van der Waals surface area contributed by atoms with E-state index < -0.39 is 0 Å². The van der Waals surface area contributed by atoms with Crippen LogP contribution in [0.15, 0.2) is 18.2 Å². The Morgan fingerprint density at radius 1 is 1.41 bits per heavy atom. The summed E-state index contributed by atoms with van der Waals surface area (Å²) in [7, 11) is 1.66. The largest absolute Gasteiger partial charge is 0.496 e. The molecule has 17 heavy (non-hydrogen) atoms. The van der Waals surface area contributed by atoms with Crippen molar-refractivity contribution in [1.29, 1.82) is 0 Å². The molecule has 2 rings (SSSR count). The molecule has 0 spiro atoms. The van der Waals surface area contributed by atoms with Gasteiger partial charge in [-0.1, -0.05) is 6.92 Å². The monoisotopic (exact) mass is 231 g/mol. The molecule has 3 heteroatoms. The average molecular weight is 231 g/mol. The van der Waals surface area contributed by atoms with E-state index in [2.05, 4.69) is 17.1 Å². The number of methoxy groups -OCH3 is 1. The lowest BCUT2D eigenvalue weighted by Gasteiger charge is -2.13. The summed E-state index contributed by atoms with van der Waals surface area (Å²) >= 11 is 0. The Labute approximate surface area is 101 Å². The highest BCUT2D eigenvalue weighted by Gasteiger charge is 2.13. The van der Waals surface area contributed by atoms with Gasteiger partial charge in [-0.3, -0.25) is 0 Å². The minimum atomic E-state index is 0.176. The van der Waals surface area contributed by atoms with E-state index in [1.165, 1.54) is 0 Å². The number of hydrogen-bond donors (Lipinski definition) is 1. The predicted molar refractivity (Wildman–Crippen MR) is 68.7 cm³/mol. The van der Waals surface area contributed by atoms with Crippen LogP contribution in [0.3, 0.4) is 0 Å². The summed E-state index contributed by atoms with van der Waals surface area (Å²) in [6.45, 7) is 4.06. The molecule has 2 aromatic rings. The Kier molecular flexibility index (Phi) is 3.18. The number of aromatic amines is 1. The third-order valence-corrected chi connectivity index (χ3v) is 3.09. The van der Waals surface area contributed by atoms with E-state index in [1.807, 2.05) is 19.9 Å². The van der Waals surface area contributed by atoms with Crippen LogP contribution in [0.4, 0.5) is 0 Å². The van der Waals surface area contributed by atoms with Gasteiger partial charge < -0.3 is 14.5 Å². The molecule has 0 radical (unpaired) electrons. The first-order chi connectivity index (χ1) is 8.15. The van der Waals surface area contributed by atoms with E-state index >= 15 is 0 Å². The maximum absolute atomic E-state index is 10.6. The number of carbonyl (C=O) groups is 1. The molecule has 1 N–H and O–H groups in total. The minimum Gasteiger partial charge on any atom is -0.496 e. The third kappa shape index (κ3) is 2.18. The third-order valence-electron chi connectivity index (χ3n) is 3.09. The Morgan fingerprint density at radius 3 is 2.82 bits per heavy atom. The number of H-pyrrole nitrogens is 1. The molecular weight excluding hydrogens is 214 g/mol. The average Bonchev–Trinajstić information content (AvgIpc) is 2.66. The van der Waals surface area contributed by atoms with Crippen LogP contribution in [0.1, 0.15) is 30.5 Å². The lowest BCUT2D eigenvalue weighted by molar-refractivity contribution is -0.108. The van der Waals surface area contributed by atoms with E-state index in [9.17, 15) is 4.79 Å². The van der Waals surface area contributed by atoms with Gasteiger partial charge >= 0.3 is 0 Å². The van der Waals surface area contributed by atoms with Crippen molar-refractivity contribution < 1.29 is 9.53 Å². The summed E-state index contributed by atoms with van der Waals surface area (Å²) in [6.07, 6.45) is 1.47. The van der Waals surface area contributed by atoms with Gasteiger partial charge in [-0.25, -0.2) is 0 Å². The Morgan fingerprint density at radius 2 is 2.18 bits per heavy atom. The summed E-state index contributed by atoms with van der Waals surface area (Å²) in [5.41, 5.74) is 3.30. The van der Waals surface area contributed by atoms with Crippen molar-refractivity contribution in [3.63, 3.8) is 0 Å². The van der Waals surface area contributed by atoms with Gasteiger partial charge in [0.1, 0.15) is 12.0 Å². The van der Waals surface area contributed by atoms with Gasteiger partial charge in [0.05, 0.1) is 7.11 Å². The fourth-order valence-corrected chi connectivity index (χ4v) is 2.15. The van der Waals surface area contributed by atoms with Gasteiger partial charge in [0.15, 0.2) is 0 Å². The van der Waals surface area contributed by atoms with Gasteiger partial charge in [0.2, 0.25) is 0 Å². The standard InChI is InChI=1S/C14H17NO2/c1-9(4-5-16)12-8-13-11(6-10(2)15-13)7-14(12)17-3/h5-9,15H,4H2,1-3H3. The molecule has 0 saturated carbocycles. The lowest BCUT2D eigenvalue weighted by atomic mass is 9.96. The van der Waals surface area contributed by atoms with Crippen LogP contribution in [0.2, 0.25) is 0 Å². The zero-order valence-electron chi connectivity index (χ0n) is 10.4. The van der Waals surface area contributed by atoms with Crippen LogP contribution in [0.5, 0.6) is 5.75 Å². The molecule has 1 aromatic heterocycles. The van der Waals surface area contributed by atoms with E-state index in [1.54, 1.807) is 7.11 Å². The number of rotatable bonds is 4. The molecular formula is C14H17NO2. The Balaban J connectivity index is 2.55. The summed E-state index contributed by atoms with van der Waals surface area (Å²) in [6, 6.07) is 6.19. The summed E-state index contributed by atoms with van der Waals surface area (Å²) in [4.78, 5) is 13.9. The van der Waals surface area contributed by atoms with Gasteiger partial charge in [-0.05, 0) is 36.6 Å². The van der Waals surface area contributed by atoms with Gasteiger partial charge in [-0.15, -0.1) is 0 Å². The molecule has 0 amide bonds. The van der Waals surface area contributed by atoms with E-state index in [4.69, 9.17) is 4.74 Å². The molecule has 1 unspecified atom stereocenters. The predicted octanol–water partition coefficient (Wildman–Crippen LogP) is 3.18. The fourth-order valence-electron chi connectivity index (χ4n) is 2.15. The molecule has 1 atom stereocenters. The smallest absolute Gasteiger partial charge is 0.123 e. The quantitative estimate of drug-likeness (QED) is 0.821. The van der Waals surface area contributed by atoms with Crippen LogP contribution in [0.25, 0.3) is 10.9 Å². The zero-order chi connectivity index (χ0) is 12.4. The molecule has 90 valence electrons. The molecule has 0 fully saturated rings. The lowest BCUT2D eigenvalue weighted by Crippen LogP contribution is -1.98. The number of aromatic nitrogens is 1. The van der Waals surface area contributed by atoms with Crippen LogP contribution >= 0.6 is 0 Å². The van der Waals surface area contributed by atoms with E-state index in [-0.39, 0.29) is 5.92 Å². The SMILES string of the molecule is COc1cc2cc(C)[nH]c2cc1C(C)CC=O. The molecule has 0 aliphatic carbocycles. The first-order valence-electron chi connectivity index (χ1n) is 5.76. The van der Waals surface area contributed by atoms with E-state index in [0.29, 0.717) is 6.42 Å². The number of aryl methyl sites for hydroxylation is 1. The highest BCUT2D eigenvalue weighted by molar-refractivity contribution is 5.83. The van der Waals surface area contributed by atoms with Crippen molar-refractivity contribution in [1.82, 2.24) is 4.98 Å². The Bertz CT molecular complexity index is 542. The van der Waals surface area contributed by atoms with Gasteiger partial charge in [0, 0.05) is 23.0 Å². The molecule has 1 heterocycles. The summed E-state index contributed by atoms with van der Waals surface area (Å²) < 4.78 is 5.40. The molecule has 0 bridgehead atoms. The molecule has 0 aliphatic rings. The molecule has 3 nitrogen and oxygen atoms in total.